The highest BCUT2D eigenvalue weighted by Crippen LogP contribution is 2.41. The second-order valence-electron chi connectivity index (χ2n) is 9.42. The van der Waals surface area contributed by atoms with Crippen molar-refractivity contribution in [2.75, 3.05) is 12.4 Å². The van der Waals surface area contributed by atoms with Crippen LogP contribution in [0.2, 0.25) is 0 Å². The first-order valence-electron chi connectivity index (χ1n) is 10.9. The molecule has 8 heteroatoms. The number of ether oxygens (including phenoxy) is 2. The van der Waals surface area contributed by atoms with Crippen molar-refractivity contribution >= 4 is 23.6 Å². The van der Waals surface area contributed by atoms with Gasteiger partial charge in [0.05, 0.1) is 5.69 Å². The highest BCUT2D eigenvalue weighted by molar-refractivity contribution is 6.00. The molecule has 2 atom stereocenters. The standard InChI is InChI=1S/C23H33N3O5/c1-15(26(5)21(29)31-22(2,3)4)19(27)25-18-20(28)24-16-11-7-8-12-17(16)30-23(18)13-9-6-10-14-23/h7-8,11-12,15,18H,6,9-10,13-14H2,1-5H3,(H,24,28)(H,25,27)/t15-,18-/m0/s1. The van der Waals surface area contributed by atoms with Gasteiger partial charge in [0, 0.05) is 7.05 Å². The molecule has 0 bridgehead atoms. The van der Waals surface area contributed by atoms with Crippen molar-refractivity contribution in [3.8, 4) is 5.75 Å². The van der Waals surface area contributed by atoms with Crippen LogP contribution in [0.25, 0.3) is 0 Å². The molecule has 1 spiro atoms. The average Bonchev–Trinajstić information content (AvgIpc) is 2.81. The number of benzene rings is 1. The summed E-state index contributed by atoms with van der Waals surface area (Å²) in [6.07, 6.45) is 3.61. The van der Waals surface area contributed by atoms with Crippen LogP contribution in [0.1, 0.15) is 59.8 Å². The third kappa shape index (κ3) is 5.11. The summed E-state index contributed by atoms with van der Waals surface area (Å²) in [5.41, 5.74) is -0.906. The number of nitrogens with one attached hydrogen (secondary N) is 2. The van der Waals surface area contributed by atoms with Gasteiger partial charge < -0.3 is 20.1 Å². The van der Waals surface area contributed by atoms with Crippen LogP contribution in [0, 0.1) is 0 Å². The first-order valence-corrected chi connectivity index (χ1v) is 10.9. The third-order valence-electron chi connectivity index (χ3n) is 5.87. The maximum atomic E-state index is 13.2. The fourth-order valence-electron chi connectivity index (χ4n) is 4.05. The van der Waals surface area contributed by atoms with Crippen LogP contribution in [0.4, 0.5) is 10.5 Å². The molecular weight excluding hydrogens is 398 g/mol. The van der Waals surface area contributed by atoms with Crippen molar-refractivity contribution in [1.82, 2.24) is 10.2 Å². The zero-order valence-electron chi connectivity index (χ0n) is 19.0. The maximum Gasteiger partial charge on any atom is 0.410 e. The Balaban J connectivity index is 1.81. The van der Waals surface area contributed by atoms with Crippen LogP contribution in [0.3, 0.4) is 0 Å². The van der Waals surface area contributed by atoms with Crippen LogP contribution >= 0.6 is 0 Å². The molecule has 170 valence electrons. The van der Waals surface area contributed by atoms with Gasteiger partial charge in [-0.3, -0.25) is 14.5 Å². The van der Waals surface area contributed by atoms with E-state index in [2.05, 4.69) is 10.6 Å². The molecule has 0 unspecified atom stereocenters. The van der Waals surface area contributed by atoms with Crippen LogP contribution in [0.15, 0.2) is 24.3 Å². The molecule has 1 aromatic carbocycles. The van der Waals surface area contributed by atoms with Gasteiger partial charge in [-0.05, 0) is 65.5 Å². The highest BCUT2D eigenvalue weighted by atomic mass is 16.6. The molecule has 1 heterocycles. The predicted molar refractivity (Wildman–Crippen MR) is 117 cm³/mol. The molecule has 1 saturated carbocycles. The van der Waals surface area contributed by atoms with E-state index in [4.69, 9.17) is 9.47 Å². The molecule has 0 saturated heterocycles. The molecule has 1 aliphatic carbocycles. The van der Waals surface area contributed by atoms with Crippen LogP contribution < -0.4 is 15.4 Å². The quantitative estimate of drug-likeness (QED) is 0.764. The van der Waals surface area contributed by atoms with Gasteiger partial charge in [0.15, 0.2) is 0 Å². The summed E-state index contributed by atoms with van der Waals surface area (Å²) < 4.78 is 11.8. The first kappa shape index (κ1) is 22.9. The van der Waals surface area contributed by atoms with E-state index >= 15 is 0 Å². The van der Waals surface area contributed by atoms with Gasteiger partial charge in [0.25, 0.3) is 5.91 Å². The molecule has 0 radical (unpaired) electrons. The number of anilines is 1. The van der Waals surface area contributed by atoms with E-state index in [1.54, 1.807) is 33.8 Å². The fourth-order valence-corrected chi connectivity index (χ4v) is 4.05. The highest BCUT2D eigenvalue weighted by Gasteiger charge is 2.49. The minimum Gasteiger partial charge on any atom is -0.482 e. The van der Waals surface area contributed by atoms with Crippen molar-refractivity contribution in [2.45, 2.75) is 83.1 Å². The Hall–Kier alpha value is -2.77. The second-order valence-corrected chi connectivity index (χ2v) is 9.42. The van der Waals surface area contributed by atoms with E-state index in [0.29, 0.717) is 24.3 Å². The van der Waals surface area contributed by atoms with Crippen LogP contribution in [-0.2, 0) is 14.3 Å². The largest absolute Gasteiger partial charge is 0.482 e. The number of fused-ring (bicyclic) bond motifs is 1. The summed E-state index contributed by atoms with van der Waals surface area (Å²) in [7, 11) is 1.51. The predicted octanol–water partition coefficient (Wildman–Crippen LogP) is 3.46. The van der Waals surface area contributed by atoms with Gasteiger partial charge in [-0.1, -0.05) is 18.6 Å². The number of rotatable bonds is 3. The van der Waals surface area contributed by atoms with Gasteiger partial charge in [0.1, 0.15) is 29.0 Å². The topological polar surface area (TPSA) is 97.0 Å². The summed E-state index contributed by atoms with van der Waals surface area (Å²) in [6, 6.07) is 5.60. The van der Waals surface area contributed by atoms with E-state index in [1.165, 1.54) is 11.9 Å². The number of hydrogen-bond donors (Lipinski definition) is 2. The van der Waals surface area contributed by atoms with Crippen molar-refractivity contribution in [3.63, 3.8) is 0 Å². The average molecular weight is 432 g/mol. The Bertz CT molecular complexity index is 842. The third-order valence-corrected chi connectivity index (χ3v) is 5.87. The van der Waals surface area contributed by atoms with Crippen molar-refractivity contribution in [2.24, 2.45) is 0 Å². The van der Waals surface area contributed by atoms with Crippen LogP contribution in [-0.4, -0.2) is 53.1 Å². The van der Waals surface area contributed by atoms with Crippen molar-refractivity contribution in [3.05, 3.63) is 24.3 Å². The maximum absolute atomic E-state index is 13.2. The molecule has 3 amide bonds. The lowest BCUT2D eigenvalue weighted by Crippen LogP contribution is -2.63. The summed E-state index contributed by atoms with van der Waals surface area (Å²) in [5.74, 6) is -0.145. The number of likely N-dealkylation sites (N-methyl/N-ethyl adjacent to an activating group) is 1. The zero-order chi connectivity index (χ0) is 22.8. The molecule has 1 fully saturated rings. The normalized spacial score (nSPS) is 21.1. The van der Waals surface area contributed by atoms with Crippen molar-refractivity contribution in [1.29, 1.82) is 0 Å². The number of amides is 3. The molecular formula is C23H33N3O5. The Morgan fingerprint density at radius 2 is 1.87 bits per heavy atom. The van der Waals surface area contributed by atoms with Gasteiger partial charge in [-0.15, -0.1) is 0 Å². The van der Waals surface area contributed by atoms with E-state index in [-0.39, 0.29) is 5.91 Å². The lowest BCUT2D eigenvalue weighted by atomic mass is 9.78. The SMILES string of the molecule is C[C@@H](C(=O)N[C@H]1C(=O)Nc2ccccc2OC12CCCCC2)N(C)C(=O)OC(C)(C)C. The van der Waals surface area contributed by atoms with Crippen LogP contribution in [0.5, 0.6) is 5.75 Å². The van der Waals surface area contributed by atoms with E-state index in [1.807, 2.05) is 18.2 Å². The Morgan fingerprint density at radius 3 is 2.52 bits per heavy atom. The Kier molecular flexibility index (Phi) is 6.48. The minimum absolute atomic E-state index is 0.313. The minimum atomic E-state index is -0.873. The lowest BCUT2D eigenvalue weighted by Gasteiger charge is -2.41. The first-order chi connectivity index (χ1) is 14.5. The van der Waals surface area contributed by atoms with Gasteiger partial charge >= 0.3 is 6.09 Å². The van der Waals surface area contributed by atoms with E-state index in [9.17, 15) is 14.4 Å². The molecule has 1 aromatic rings. The molecule has 3 rings (SSSR count). The molecule has 31 heavy (non-hydrogen) atoms. The number of para-hydroxylation sites is 2. The summed E-state index contributed by atoms with van der Waals surface area (Å²) in [5, 5.41) is 5.76. The zero-order valence-corrected chi connectivity index (χ0v) is 19.0. The monoisotopic (exact) mass is 431 g/mol. The number of carbonyl (C=O) groups excluding carboxylic acids is 3. The number of nitrogens with zero attached hydrogens (tertiary/aromatic N) is 1. The van der Waals surface area contributed by atoms with Gasteiger partial charge in [0.2, 0.25) is 5.91 Å². The summed E-state index contributed by atoms with van der Waals surface area (Å²) in [6.45, 7) is 6.90. The fraction of sp³-hybridized carbons (Fsp3) is 0.609. The molecule has 2 aliphatic rings. The Morgan fingerprint density at radius 1 is 1.23 bits per heavy atom. The number of carbonyl (C=O) groups is 3. The van der Waals surface area contributed by atoms with Gasteiger partial charge in [-0.2, -0.15) is 0 Å². The smallest absolute Gasteiger partial charge is 0.410 e. The van der Waals surface area contributed by atoms with Crippen molar-refractivity contribution < 1.29 is 23.9 Å². The van der Waals surface area contributed by atoms with Gasteiger partial charge in [-0.25, -0.2) is 4.79 Å². The molecule has 2 N–H and O–H groups in total. The second kappa shape index (κ2) is 8.77. The van der Waals surface area contributed by atoms with E-state index < -0.39 is 35.3 Å². The Labute approximate surface area is 183 Å². The summed E-state index contributed by atoms with van der Waals surface area (Å²) >= 11 is 0. The van der Waals surface area contributed by atoms with E-state index in [0.717, 1.165) is 19.3 Å². The number of hydrogen-bond acceptors (Lipinski definition) is 5. The molecule has 1 aliphatic heterocycles. The molecule has 0 aromatic heterocycles. The molecule has 8 nitrogen and oxygen atoms in total. The lowest BCUT2D eigenvalue weighted by molar-refractivity contribution is -0.135. The summed E-state index contributed by atoms with van der Waals surface area (Å²) in [4.78, 5) is 39.9.